The predicted molar refractivity (Wildman–Crippen MR) is 111 cm³/mol. The third-order valence-electron chi connectivity index (χ3n) is 4.16. The Kier molecular flexibility index (Phi) is 8.13. The molecule has 2 aromatic heterocycles. The van der Waals surface area contributed by atoms with E-state index >= 15 is 0 Å². The number of aryl methyl sites for hydroxylation is 1. The van der Waals surface area contributed by atoms with Gasteiger partial charge in [-0.1, -0.05) is 27.7 Å². The van der Waals surface area contributed by atoms with Crippen molar-refractivity contribution in [1.82, 2.24) is 19.1 Å². The van der Waals surface area contributed by atoms with Crippen molar-refractivity contribution in [2.45, 2.75) is 86.2 Å². The zero-order valence-electron chi connectivity index (χ0n) is 18.1. The second-order valence-electron chi connectivity index (χ2n) is 8.02. The highest BCUT2D eigenvalue weighted by Crippen LogP contribution is 2.15. The zero-order valence-corrected chi connectivity index (χ0v) is 18.1. The van der Waals surface area contributed by atoms with E-state index in [1.807, 2.05) is 30.8 Å². The summed E-state index contributed by atoms with van der Waals surface area (Å²) < 4.78 is 4.10. The summed E-state index contributed by atoms with van der Waals surface area (Å²) in [5.41, 5.74) is 0.453. The maximum absolute atomic E-state index is 11.4. The van der Waals surface area contributed by atoms with Gasteiger partial charge in [-0.15, -0.1) is 0 Å². The lowest BCUT2D eigenvalue weighted by atomic mass is 10.2. The van der Waals surface area contributed by atoms with Crippen LogP contribution in [0.5, 0.6) is 0 Å². The summed E-state index contributed by atoms with van der Waals surface area (Å²) in [5, 5.41) is 0. The first-order valence-corrected chi connectivity index (χ1v) is 9.64. The van der Waals surface area contributed by atoms with Crippen molar-refractivity contribution in [2.75, 3.05) is 0 Å². The van der Waals surface area contributed by atoms with Gasteiger partial charge in [0, 0.05) is 47.9 Å². The minimum Gasteiger partial charge on any atom is -0.333 e. The van der Waals surface area contributed by atoms with Crippen molar-refractivity contribution in [3.05, 3.63) is 56.4 Å². The van der Waals surface area contributed by atoms with E-state index in [1.54, 1.807) is 6.92 Å². The first-order chi connectivity index (χ1) is 12.5. The van der Waals surface area contributed by atoms with Crippen molar-refractivity contribution in [3.8, 4) is 0 Å². The molecule has 2 heterocycles. The molecule has 0 fully saturated rings. The molecule has 0 aliphatic heterocycles. The molecule has 0 aromatic carbocycles. The van der Waals surface area contributed by atoms with E-state index < -0.39 is 0 Å². The molecule has 0 aliphatic carbocycles. The standard InChI is InChI=1S/C11H18N2O.C10H16N2O/c1-7(2)10-12-11(14)9(5)6-13(10)8(3)4;1-7(2)10-11-9(13)5-6-12(10)8(3)4/h6-8H,1-5H3;5-8H,1-4H3. The molecule has 0 amide bonds. The van der Waals surface area contributed by atoms with Crippen molar-refractivity contribution < 1.29 is 0 Å². The van der Waals surface area contributed by atoms with Gasteiger partial charge in [-0.3, -0.25) is 9.59 Å². The number of hydrogen-bond acceptors (Lipinski definition) is 4. The summed E-state index contributed by atoms with van der Waals surface area (Å²) in [6, 6.07) is 2.20. The van der Waals surface area contributed by atoms with Gasteiger partial charge in [0.1, 0.15) is 11.6 Å². The van der Waals surface area contributed by atoms with Crippen molar-refractivity contribution in [3.63, 3.8) is 0 Å². The molecule has 2 rings (SSSR count). The van der Waals surface area contributed by atoms with Crippen LogP contribution in [0, 0.1) is 6.92 Å². The lowest BCUT2D eigenvalue weighted by Gasteiger charge is -2.18. The molecule has 0 N–H and O–H groups in total. The second kappa shape index (κ2) is 9.62. The molecule has 150 valence electrons. The van der Waals surface area contributed by atoms with E-state index in [1.165, 1.54) is 6.07 Å². The summed E-state index contributed by atoms with van der Waals surface area (Å²) >= 11 is 0. The predicted octanol–water partition coefficient (Wildman–Crippen LogP) is 4.20. The molecule has 0 saturated heterocycles. The van der Waals surface area contributed by atoms with E-state index in [9.17, 15) is 9.59 Å². The molecular formula is C21H34N4O2. The topological polar surface area (TPSA) is 69.8 Å². The SMILES string of the molecule is CC(C)c1nc(=O)ccn1C(C)C.Cc1cn(C(C)C)c(C(C)C)nc1=O. The Labute approximate surface area is 162 Å². The van der Waals surface area contributed by atoms with Gasteiger partial charge in [0.05, 0.1) is 0 Å². The van der Waals surface area contributed by atoms with Gasteiger partial charge in [0.15, 0.2) is 0 Å². The zero-order chi connectivity index (χ0) is 20.9. The molecule has 0 unspecified atom stereocenters. The van der Waals surface area contributed by atoms with Crippen LogP contribution in [-0.4, -0.2) is 19.1 Å². The fourth-order valence-electron chi connectivity index (χ4n) is 2.71. The smallest absolute Gasteiger partial charge is 0.275 e. The molecule has 0 saturated carbocycles. The van der Waals surface area contributed by atoms with Gasteiger partial charge in [-0.2, -0.15) is 9.97 Å². The summed E-state index contributed by atoms with van der Waals surface area (Å²) in [7, 11) is 0. The number of nitrogens with zero attached hydrogens (tertiary/aromatic N) is 4. The lowest BCUT2D eigenvalue weighted by Crippen LogP contribution is -2.21. The molecule has 27 heavy (non-hydrogen) atoms. The van der Waals surface area contributed by atoms with Crippen LogP contribution >= 0.6 is 0 Å². The normalized spacial score (nSPS) is 11.3. The highest BCUT2D eigenvalue weighted by Gasteiger charge is 2.11. The van der Waals surface area contributed by atoms with Crippen molar-refractivity contribution >= 4 is 0 Å². The summed E-state index contributed by atoms with van der Waals surface area (Å²) in [5.74, 6) is 2.31. The van der Waals surface area contributed by atoms with Crippen LogP contribution in [-0.2, 0) is 0 Å². The van der Waals surface area contributed by atoms with Crippen LogP contribution in [0.15, 0.2) is 28.0 Å². The first kappa shape index (κ1) is 22.8. The minimum absolute atomic E-state index is 0.106. The molecule has 0 spiro atoms. The fraction of sp³-hybridized carbons (Fsp3) is 0.619. The number of aromatic nitrogens is 4. The summed E-state index contributed by atoms with van der Waals surface area (Å²) in [6.45, 7) is 18.3. The maximum atomic E-state index is 11.4. The largest absolute Gasteiger partial charge is 0.333 e. The van der Waals surface area contributed by atoms with Crippen molar-refractivity contribution in [1.29, 1.82) is 0 Å². The van der Waals surface area contributed by atoms with Crippen LogP contribution in [0.4, 0.5) is 0 Å². The Morgan fingerprint density at radius 3 is 1.70 bits per heavy atom. The quantitative estimate of drug-likeness (QED) is 0.804. The molecule has 6 heteroatoms. The monoisotopic (exact) mass is 374 g/mol. The minimum atomic E-state index is -0.152. The molecule has 0 bridgehead atoms. The molecule has 0 aliphatic rings. The Morgan fingerprint density at radius 1 is 0.778 bits per heavy atom. The Hall–Kier alpha value is -2.24. The van der Waals surface area contributed by atoms with Gasteiger partial charge in [-0.25, -0.2) is 0 Å². The van der Waals surface area contributed by atoms with Gasteiger partial charge in [-0.05, 0) is 34.6 Å². The van der Waals surface area contributed by atoms with Crippen LogP contribution in [0.1, 0.15) is 96.5 Å². The molecule has 6 nitrogen and oxygen atoms in total. The highest BCUT2D eigenvalue weighted by molar-refractivity contribution is 5.08. The average molecular weight is 375 g/mol. The van der Waals surface area contributed by atoms with Gasteiger partial charge in [0.2, 0.25) is 0 Å². The molecule has 0 radical (unpaired) electrons. The average Bonchev–Trinajstić information content (AvgIpc) is 2.56. The van der Waals surface area contributed by atoms with Crippen molar-refractivity contribution in [2.24, 2.45) is 0 Å². The summed E-state index contributed by atoms with van der Waals surface area (Å²) in [4.78, 5) is 30.5. The van der Waals surface area contributed by atoms with Crippen LogP contribution < -0.4 is 11.1 Å². The van der Waals surface area contributed by atoms with E-state index in [4.69, 9.17) is 0 Å². The van der Waals surface area contributed by atoms with Gasteiger partial charge in [0.25, 0.3) is 11.1 Å². The maximum Gasteiger partial charge on any atom is 0.275 e. The Morgan fingerprint density at radius 2 is 1.26 bits per heavy atom. The van der Waals surface area contributed by atoms with Crippen LogP contribution in [0.25, 0.3) is 0 Å². The van der Waals surface area contributed by atoms with E-state index in [2.05, 4.69) is 56.1 Å². The number of hydrogen-bond donors (Lipinski definition) is 0. The van der Waals surface area contributed by atoms with Gasteiger partial charge < -0.3 is 9.13 Å². The molecule has 0 atom stereocenters. The van der Waals surface area contributed by atoms with Gasteiger partial charge >= 0.3 is 0 Å². The Bertz CT molecular complexity index is 861. The fourth-order valence-corrected chi connectivity index (χ4v) is 2.71. The second-order valence-corrected chi connectivity index (χ2v) is 8.02. The Balaban J connectivity index is 0.000000271. The lowest BCUT2D eigenvalue weighted by molar-refractivity contribution is 0.526. The van der Waals surface area contributed by atoms with E-state index in [0.29, 0.717) is 17.6 Å². The number of rotatable bonds is 4. The third kappa shape index (κ3) is 6.15. The van der Waals surface area contributed by atoms with E-state index in [0.717, 1.165) is 11.6 Å². The summed E-state index contributed by atoms with van der Waals surface area (Å²) in [6.07, 6.45) is 3.71. The van der Waals surface area contributed by atoms with Crippen LogP contribution in [0.2, 0.25) is 0 Å². The molecule has 2 aromatic rings. The van der Waals surface area contributed by atoms with E-state index in [-0.39, 0.29) is 23.0 Å². The first-order valence-electron chi connectivity index (χ1n) is 9.64. The highest BCUT2D eigenvalue weighted by atomic mass is 16.1. The van der Waals surface area contributed by atoms with Crippen LogP contribution in [0.3, 0.4) is 0 Å². The third-order valence-corrected chi connectivity index (χ3v) is 4.16. The molecular weight excluding hydrogens is 340 g/mol.